The van der Waals surface area contributed by atoms with Crippen molar-refractivity contribution in [1.29, 1.82) is 0 Å². The predicted octanol–water partition coefficient (Wildman–Crippen LogP) is 3.78. The number of nitrogens with zero attached hydrogens (tertiary/aromatic N) is 3. The van der Waals surface area contributed by atoms with Crippen LogP contribution in [0.5, 0.6) is 0 Å². The number of rotatable bonds is 5. The fourth-order valence-electron chi connectivity index (χ4n) is 4.97. The minimum absolute atomic E-state index is 0.0132. The number of amidine groups is 1. The average molecular weight is 430 g/mol. The molecule has 0 amide bonds. The lowest BCUT2D eigenvalue weighted by atomic mass is 9.80. The summed E-state index contributed by atoms with van der Waals surface area (Å²) in [5.41, 5.74) is 4.55. The zero-order chi connectivity index (χ0) is 22.1. The maximum absolute atomic E-state index is 10.7. The summed E-state index contributed by atoms with van der Waals surface area (Å²) in [4.78, 5) is 9.39. The number of aliphatic hydroxyl groups is 2. The Morgan fingerprint density at radius 1 is 0.969 bits per heavy atom. The Morgan fingerprint density at radius 2 is 1.66 bits per heavy atom. The van der Waals surface area contributed by atoms with Gasteiger partial charge >= 0.3 is 0 Å². The molecule has 2 heterocycles. The molecule has 2 aromatic carbocycles. The molecule has 2 aromatic rings. The van der Waals surface area contributed by atoms with Crippen molar-refractivity contribution in [2.75, 3.05) is 6.61 Å². The molecule has 2 unspecified atom stereocenters. The number of allylic oxidation sites excluding steroid dienone is 2. The van der Waals surface area contributed by atoms with Crippen LogP contribution in [0.1, 0.15) is 48.5 Å². The van der Waals surface area contributed by atoms with Crippen LogP contribution < -0.4 is 5.84 Å². The minimum atomic E-state index is -0.676. The van der Waals surface area contributed by atoms with E-state index < -0.39 is 6.10 Å². The molecular formula is C26H29N4O2+. The third-order valence-electron chi connectivity index (χ3n) is 6.91. The highest BCUT2D eigenvalue weighted by molar-refractivity contribution is 6.00. The van der Waals surface area contributed by atoms with E-state index in [1.54, 1.807) is 6.20 Å². The van der Waals surface area contributed by atoms with Crippen LogP contribution in [0.4, 0.5) is 0 Å². The first-order valence-corrected chi connectivity index (χ1v) is 11.3. The van der Waals surface area contributed by atoms with Gasteiger partial charge in [-0.25, -0.2) is 0 Å². The molecule has 6 heteroatoms. The lowest BCUT2D eigenvalue weighted by Crippen LogP contribution is -2.53. The van der Waals surface area contributed by atoms with Crippen LogP contribution in [0.3, 0.4) is 0 Å². The van der Waals surface area contributed by atoms with E-state index >= 15 is 0 Å². The molecule has 0 aromatic heterocycles. The van der Waals surface area contributed by atoms with Crippen molar-refractivity contribution in [1.82, 2.24) is 0 Å². The van der Waals surface area contributed by atoms with Crippen molar-refractivity contribution in [3.63, 3.8) is 0 Å². The van der Waals surface area contributed by atoms with Gasteiger partial charge in [0.05, 0.1) is 18.0 Å². The summed E-state index contributed by atoms with van der Waals surface area (Å²) in [6, 6.07) is 17.5. The van der Waals surface area contributed by atoms with Crippen LogP contribution in [0.15, 0.2) is 88.4 Å². The van der Waals surface area contributed by atoms with Crippen LogP contribution in [0, 0.1) is 11.8 Å². The number of nitrogens with two attached hydrogens (primary N) is 1. The van der Waals surface area contributed by atoms with E-state index in [0.29, 0.717) is 11.8 Å². The average Bonchev–Trinajstić information content (AvgIpc) is 3.17. The van der Waals surface area contributed by atoms with Crippen molar-refractivity contribution in [3.05, 3.63) is 95.1 Å². The second kappa shape index (κ2) is 8.56. The zero-order valence-corrected chi connectivity index (χ0v) is 18.0. The summed E-state index contributed by atoms with van der Waals surface area (Å²) < 4.78 is 0.0132. The summed E-state index contributed by atoms with van der Waals surface area (Å²) in [6.45, 7) is 0.259. The Kier molecular flexibility index (Phi) is 5.61. The van der Waals surface area contributed by atoms with Gasteiger partial charge in [-0.3, -0.25) is 4.99 Å². The highest BCUT2D eigenvalue weighted by Crippen LogP contribution is 2.41. The van der Waals surface area contributed by atoms with Crippen molar-refractivity contribution in [3.8, 4) is 0 Å². The van der Waals surface area contributed by atoms with Crippen LogP contribution in [0.2, 0.25) is 0 Å². The molecule has 32 heavy (non-hydrogen) atoms. The summed E-state index contributed by atoms with van der Waals surface area (Å²) in [5.74, 6) is 8.34. The zero-order valence-electron chi connectivity index (χ0n) is 18.0. The molecule has 2 aliphatic heterocycles. The summed E-state index contributed by atoms with van der Waals surface area (Å²) >= 11 is 0. The molecule has 164 valence electrons. The van der Waals surface area contributed by atoms with Gasteiger partial charge in [-0.2, -0.15) is 10.8 Å². The van der Waals surface area contributed by atoms with Gasteiger partial charge in [0.25, 0.3) is 5.84 Å². The molecule has 4 N–H and O–H groups in total. The quantitative estimate of drug-likeness (QED) is 0.499. The van der Waals surface area contributed by atoms with Crippen LogP contribution in [-0.2, 0) is 0 Å². The topological polar surface area (TPSA) is 91.2 Å². The standard InChI is InChI=1S/C26H29N4O2/c27-30-15-14-28-16-23(30)24(19-8-6-18(17-31)7-9-19)29-26(30)22-12-10-21(11-13-22)25(32)20-4-2-1-3-5-20/h1-5,10-16,18-19,25,31-32H,6-9,17,27H2/q+1. The van der Waals surface area contributed by atoms with Gasteiger partial charge in [0.15, 0.2) is 0 Å². The Morgan fingerprint density at radius 3 is 2.34 bits per heavy atom. The Bertz CT molecular complexity index is 1100. The first-order valence-electron chi connectivity index (χ1n) is 11.3. The van der Waals surface area contributed by atoms with Gasteiger partial charge in [0.1, 0.15) is 18.0 Å². The number of aliphatic imine (C=N–C) groups is 2. The molecular weight excluding hydrogens is 400 g/mol. The summed E-state index contributed by atoms with van der Waals surface area (Å²) in [7, 11) is 0. The van der Waals surface area contributed by atoms with Crippen LogP contribution in [0.25, 0.3) is 0 Å². The monoisotopic (exact) mass is 429 g/mol. The number of hydrogen-bond acceptors (Lipinski definition) is 5. The Labute approximate surface area is 188 Å². The molecule has 1 saturated carbocycles. The fraction of sp³-hybridized carbons (Fsp3) is 0.308. The molecule has 2 atom stereocenters. The first-order chi connectivity index (χ1) is 15.6. The highest BCUT2D eigenvalue weighted by atomic mass is 16.3. The maximum atomic E-state index is 10.7. The molecule has 1 fully saturated rings. The van der Waals surface area contributed by atoms with E-state index in [0.717, 1.165) is 59.6 Å². The summed E-state index contributed by atoms with van der Waals surface area (Å²) in [5, 5.41) is 20.2. The van der Waals surface area contributed by atoms with Crippen LogP contribution in [-0.4, -0.2) is 33.5 Å². The van der Waals surface area contributed by atoms with Gasteiger partial charge < -0.3 is 10.2 Å². The van der Waals surface area contributed by atoms with E-state index in [4.69, 9.17) is 10.8 Å². The van der Waals surface area contributed by atoms with E-state index in [1.165, 1.54) is 0 Å². The second-order valence-corrected chi connectivity index (χ2v) is 8.89. The molecule has 1 aliphatic carbocycles. The van der Waals surface area contributed by atoms with Crippen molar-refractivity contribution >= 4 is 12.1 Å². The van der Waals surface area contributed by atoms with E-state index in [-0.39, 0.29) is 11.2 Å². The van der Waals surface area contributed by atoms with Gasteiger partial charge in [-0.05, 0) is 54.9 Å². The third kappa shape index (κ3) is 3.65. The number of quaternary nitrogens is 1. The smallest absolute Gasteiger partial charge is 0.264 e. The fourth-order valence-corrected chi connectivity index (χ4v) is 4.97. The third-order valence-corrected chi connectivity index (χ3v) is 6.91. The van der Waals surface area contributed by atoms with Gasteiger partial charge in [0.2, 0.25) is 5.70 Å². The van der Waals surface area contributed by atoms with Crippen molar-refractivity contribution < 1.29 is 14.8 Å². The molecule has 0 spiro atoms. The lowest BCUT2D eigenvalue weighted by molar-refractivity contribution is -0.750. The number of aliphatic hydroxyl groups excluding tert-OH is 2. The minimum Gasteiger partial charge on any atom is -0.396 e. The molecule has 0 bridgehead atoms. The molecule has 0 saturated heterocycles. The number of hydrogen-bond donors (Lipinski definition) is 3. The second-order valence-electron chi connectivity index (χ2n) is 8.89. The van der Waals surface area contributed by atoms with Gasteiger partial charge in [-0.15, -0.1) is 4.59 Å². The van der Waals surface area contributed by atoms with Crippen molar-refractivity contribution in [2.45, 2.75) is 31.8 Å². The largest absolute Gasteiger partial charge is 0.396 e. The van der Waals surface area contributed by atoms with E-state index in [9.17, 15) is 10.2 Å². The highest BCUT2D eigenvalue weighted by Gasteiger charge is 2.46. The Hall–Kier alpha value is -2.90. The predicted molar refractivity (Wildman–Crippen MR) is 125 cm³/mol. The molecule has 5 rings (SSSR count). The molecule has 6 nitrogen and oxygen atoms in total. The lowest BCUT2D eigenvalue weighted by Gasteiger charge is -2.28. The Balaban J connectivity index is 1.44. The van der Waals surface area contributed by atoms with E-state index in [2.05, 4.69) is 4.99 Å². The first kappa shape index (κ1) is 21.0. The molecule has 3 aliphatic rings. The van der Waals surface area contributed by atoms with Crippen LogP contribution >= 0.6 is 0 Å². The number of benzene rings is 2. The maximum Gasteiger partial charge on any atom is 0.264 e. The van der Waals surface area contributed by atoms with E-state index in [1.807, 2.05) is 67.0 Å². The van der Waals surface area contributed by atoms with Crippen molar-refractivity contribution in [2.24, 2.45) is 27.7 Å². The molecule has 0 radical (unpaired) electrons. The summed E-state index contributed by atoms with van der Waals surface area (Å²) in [6.07, 6.45) is 8.76. The van der Waals surface area contributed by atoms with Gasteiger partial charge in [-0.1, -0.05) is 42.5 Å². The van der Waals surface area contributed by atoms with Gasteiger partial charge in [0, 0.05) is 12.5 Å². The normalized spacial score (nSPS) is 27.9. The SMILES string of the molecule is N[N+]12C=CN=CC1=C(C1CCC(CO)CC1)N=C2c1ccc(C(O)c2ccccc2)cc1. The number of fused-ring (bicyclic) bond motifs is 1.